The van der Waals surface area contributed by atoms with E-state index < -0.39 is 0 Å². The van der Waals surface area contributed by atoms with E-state index in [1.165, 1.54) is 0 Å². The van der Waals surface area contributed by atoms with Crippen LogP contribution in [0.5, 0.6) is 5.75 Å². The number of methoxy groups -OCH3 is 1. The summed E-state index contributed by atoms with van der Waals surface area (Å²) in [4.78, 5) is 11.8. The summed E-state index contributed by atoms with van der Waals surface area (Å²) in [6.07, 6.45) is 0.885. The topological polar surface area (TPSA) is 79.1 Å². The predicted octanol–water partition coefficient (Wildman–Crippen LogP) is 4.74. The van der Waals surface area contributed by atoms with Crippen molar-refractivity contribution in [1.29, 1.82) is 5.26 Å². The Morgan fingerprint density at radius 1 is 1.18 bits per heavy atom. The molecule has 3 aromatic rings. The zero-order valence-corrected chi connectivity index (χ0v) is 16.4. The van der Waals surface area contributed by atoms with E-state index in [0.717, 1.165) is 40.9 Å². The molecule has 0 bridgehead atoms. The molecule has 0 spiro atoms. The molecule has 0 aliphatic carbocycles. The molecular formula is C22H24N4O2. The lowest BCUT2D eigenvalue weighted by Crippen LogP contribution is -2.29. The molecule has 0 aliphatic heterocycles. The van der Waals surface area contributed by atoms with E-state index >= 15 is 0 Å². The minimum Gasteiger partial charge on any atom is -0.497 e. The zero-order valence-electron chi connectivity index (χ0n) is 16.4. The Hall–Kier alpha value is -3.46. The van der Waals surface area contributed by atoms with Crippen LogP contribution in [0.15, 0.2) is 42.5 Å². The Balaban J connectivity index is 2.01. The minimum absolute atomic E-state index is 0.220. The third-order valence-electron chi connectivity index (χ3n) is 4.65. The first-order valence-electron chi connectivity index (χ1n) is 9.38. The molecule has 6 nitrogen and oxygen atoms in total. The molecule has 1 aromatic heterocycles. The third-order valence-corrected chi connectivity index (χ3v) is 4.65. The molecular weight excluding hydrogens is 352 g/mol. The van der Waals surface area contributed by atoms with Gasteiger partial charge in [-0.1, -0.05) is 19.1 Å². The number of aryl methyl sites for hydroxylation is 1. The average Bonchev–Trinajstić information content (AvgIpc) is 3.05. The van der Waals surface area contributed by atoms with Crippen LogP contribution in [0.3, 0.4) is 0 Å². The fourth-order valence-corrected chi connectivity index (χ4v) is 3.33. The maximum atomic E-state index is 11.8. The van der Waals surface area contributed by atoms with E-state index in [0.29, 0.717) is 17.8 Å². The maximum absolute atomic E-state index is 11.8. The third kappa shape index (κ3) is 3.65. The summed E-state index contributed by atoms with van der Waals surface area (Å²) >= 11 is 0. The molecule has 6 heteroatoms. The molecule has 2 N–H and O–H groups in total. The van der Waals surface area contributed by atoms with Crippen LogP contribution in [0, 0.1) is 11.3 Å². The van der Waals surface area contributed by atoms with E-state index in [1.807, 2.05) is 49.4 Å². The van der Waals surface area contributed by atoms with Crippen LogP contribution >= 0.6 is 0 Å². The molecule has 1 heterocycles. The molecule has 0 atom stereocenters. The number of rotatable bonds is 6. The number of hydrogen-bond acceptors (Lipinski definition) is 3. The van der Waals surface area contributed by atoms with Gasteiger partial charge in [-0.2, -0.15) is 5.26 Å². The fourth-order valence-electron chi connectivity index (χ4n) is 3.33. The summed E-state index contributed by atoms with van der Waals surface area (Å²) in [5.74, 6) is 0.724. The number of aromatic nitrogens is 1. The highest BCUT2D eigenvalue weighted by Gasteiger charge is 2.18. The first kappa shape index (κ1) is 19.3. The number of amides is 2. The van der Waals surface area contributed by atoms with E-state index in [1.54, 1.807) is 7.11 Å². The maximum Gasteiger partial charge on any atom is 0.319 e. The lowest BCUT2D eigenvalue weighted by molar-refractivity contribution is 0.252. The van der Waals surface area contributed by atoms with Crippen LogP contribution in [-0.4, -0.2) is 24.3 Å². The van der Waals surface area contributed by atoms with E-state index in [2.05, 4.69) is 28.2 Å². The summed E-state index contributed by atoms with van der Waals surface area (Å²) in [5, 5.41) is 16.3. The van der Waals surface area contributed by atoms with Gasteiger partial charge in [-0.25, -0.2) is 4.79 Å². The van der Waals surface area contributed by atoms with Crippen LogP contribution in [0.2, 0.25) is 0 Å². The molecule has 0 saturated heterocycles. The number of anilines is 1. The van der Waals surface area contributed by atoms with Gasteiger partial charge in [-0.05, 0) is 49.2 Å². The van der Waals surface area contributed by atoms with Gasteiger partial charge in [-0.15, -0.1) is 0 Å². The number of urea groups is 1. The van der Waals surface area contributed by atoms with Gasteiger partial charge < -0.3 is 19.9 Å². The number of ether oxygens (including phenoxy) is 1. The number of nitrogens with one attached hydrogen (secondary N) is 2. The van der Waals surface area contributed by atoms with Crippen LogP contribution in [0.4, 0.5) is 10.5 Å². The number of hydrogen-bond donors (Lipinski definition) is 2. The van der Waals surface area contributed by atoms with Crippen LogP contribution < -0.4 is 15.4 Å². The van der Waals surface area contributed by atoms with Crippen molar-refractivity contribution in [3.05, 3.63) is 48.0 Å². The smallest absolute Gasteiger partial charge is 0.319 e. The Bertz CT molecular complexity index is 1030. The highest BCUT2D eigenvalue weighted by Crippen LogP contribution is 2.35. The first-order chi connectivity index (χ1) is 13.6. The van der Waals surface area contributed by atoms with Gasteiger partial charge in [0, 0.05) is 24.2 Å². The quantitative estimate of drug-likeness (QED) is 0.652. The Kier molecular flexibility index (Phi) is 5.85. The van der Waals surface area contributed by atoms with E-state index in [9.17, 15) is 10.1 Å². The van der Waals surface area contributed by atoms with Crippen molar-refractivity contribution in [2.45, 2.75) is 26.8 Å². The second-order valence-electron chi connectivity index (χ2n) is 6.42. The van der Waals surface area contributed by atoms with Crippen molar-refractivity contribution in [2.24, 2.45) is 0 Å². The molecule has 28 heavy (non-hydrogen) atoms. The Morgan fingerprint density at radius 2 is 1.93 bits per heavy atom. The lowest BCUT2D eigenvalue weighted by atomic mass is 10.1. The summed E-state index contributed by atoms with van der Waals surface area (Å²) in [7, 11) is 1.62. The Morgan fingerprint density at radius 3 is 2.54 bits per heavy atom. The normalized spacial score (nSPS) is 10.5. The SMILES string of the molecule is CCCNC(=O)Nc1ccc(-c2c(C#N)c3cc(OC)ccc3n2CC)cc1. The summed E-state index contributed by atoms with van der Waals surface area (Å²) in [6, 6.07) is 15.5. The number of nitrogens with zero attached hydrogens (tertiary/aromatic N) is 2. The lowest BCUT2D eigenvalue weighted by Gasteiger charge is -2.10. The van der Waals surface area contributed by atoms with Gasteiger partial charge in [0.25, 0.3) is 0 Å². The standard InChI is InChI=1S/C22H24N4O2/c1-4-12-24-22(27)25-16-8-6-15(7-9-16)21-19(14-23)18-13-17(28-3)10-11-20(18)26(21)5-2/h6-11,13H,4-5,12H2,1-3H3,(H2,24,25,27). The molecule has 0 fully saturated rings. The number of carbonyl (C=O) groups excluding carboxylic acids is 1. The van der Waals surface area contributed by atoms with Crippen molar-refractivity contribution in [3.8, 4) is 23.1 Å². The molecule has 2 amide bonds. The van der Waals surface area contributed by atoms with Crippen molar-refractivity contribution in [1.82, 2.24) is 9.88 Å². The van der Waals surface area contributed by atoms with Crippen LogP contribution in [0.25, 0.3) is 22.2 Å². The number of carbonyl (C=O) groups is 1. The highest BCUT2D eigenvalue weighted by molar-refractivity contribution is 5.96. The molecule has 2 aromatic carbocycles. The fraction of sp³-hybridized carbons (Fsp3) is 0.273. The number of nitriles is 1. The van der Waals surface area contributed by atoms with Gasteiger partial charge in [-0.3, -0.25) is 0 Å². The minimum atomic E-state index is -0.220. The van der Waals surface area contributed by atoms with Gasteiger partial charge in [0.1, 0.15) is 11.8 Å². The molecule has 0 radical (unpaired) electrons. The predicted molar refractivity (Wildman–Crippen MR) is 112 cm³/mol. The van der Waals surface area contributed by atoms with Crippen molar-refractivity contribution in [3.63, 3.8) is 0 Å². The molecule has 0 unspecified atom stereocenters. The molecule has 0 aliphatic rings. The zero-order chi connectivity index (χ0) is 20.1. The summed E-state index contributed by atoms with van der Waals surface area (Å²) in [6.45, 7) is 5.43. The molecule has 3 rings (SSSR count). The van der Waals surface area contributed by atoms with Gasteiger partial charge >= 0.3 is 6.03 Å². The van der Waals surface area contributed by atoms with Crippen molar-refractivity contribution >= 4 is 22.6 Å². The van der Waals surface area contributed by atoms with Gasteiger partial charge in [0.2, 0.25) is 0 Å². The van der Waals surface area contributed by atoms with Gasteiger partial charge in [0.05, 0.1) is 23.9 Å². The highest BCUT2D eigenvalue weighted by atomic mass is 16.5. The average molecular weight is 376 g/mol. The number of fused-ring (bicyclic) bond motifs is 1. The van der Waals surface area contributed by atoms with Crippen molar-refractivity contribution < 1.29 is 9.53 Å². The summed E-state index contributed by atoms with van der Waals surface area (Å²) < 4.78 is 7.45. The van der Waals surface area contributed by atoms with Crippen LogP contribution in [-0.2, 0) is 6.54 Å². The molecule has 0 saturated carbocycles. The second kappa shape index (κ2) is 8.49. The Labute approximate surface area is 164 Å². The largest absolute Gasteiger partial charge is 0.497 e. The van der Waals surface area contributed by atoms with E-state index in [-0.39, 0.29) is 6.03 Å². The first-order valence-corrected chi connectivity index (χ1v) is 9.38. The van der Waals surface area contributed by atoms with E-state index in [4.69, 9.17) is 4.74 Å². The number of benzene rings is 2. The summed E-state index contributed by atoms with van der Waals surface area (Å²) in [5.41, 5.74) is 4.12. The van der Waals surface area contributed by atoms with Gasteiger partial charge in [0.15, 0.2) is 0 Å². The monoisotopic (exact) mass is 376 g/mol. The van der Waals surface area contributed by atoms with Crippen LogP contribution in [0.1, 0.15) is 25.8 Å². The molecule has 144 valence electrons. The second-order valence-corrected chi connectivity index (χ2v) is 6.42. The van der Waals surface area contributed by atoms with Crippen molar-refractivity contribution in [2.75, 3.05) is 19.0 Å².